The van der Waals surface area contributed by atoms with Crippen molar-refractivity contribution < 1.29 is 0 Å². The Labute approximate surface area is 104 Å². The summed E-state index contributed by atoms with van der Waals surface area (Å²) in [4.78, 5) is 0. The second-order valence-corrected chi connectivity index (χ2v) is 5.61. The first-order valence-corrected chi connectivity index (χ1v) is 6.32. The van der Waals surface area contributed by atoms with E-state index in [2.05, 4.69) is 29.8 Å². The molecule has 0 aliphatic rings. The summed E-state index contributed by atoms with van der Waals surface area (Å²) in [6.07, 6.45) is 0.928. The molecule has 1 rings (SSSR count). The third kappa shape index (κ3) is 3.45. The minimum absolute atomic E-state index is 0.203. The first-order valence-electron chi connectivity index (χ1n) is 4.44. The van der Waals surface area contributed by atoms with Crippen molar-refractivity contribution in [3.8, 4) is 0 Å². The minimum Gasteiger partial charge on any atom is -0.0922 e. The fraction of sp³-hybridized carbons (Fsp3) is 0.455. The van der Waals surface area contributed by atoms with Gasteiger partial charge in [0.2, 0.25) is 0 Å². The third-order valence-corrected chi connectivity index (χ3v) is 4.16. The SMILES string of the molecule is CC(C)(CBr)Cc1cc(Cl)ccc1Cl. The van der Waals surface area contributed by atoms with Crippen LogP contribution in [0.25, 0.3) is 0 Å². The number of alkyl halides is 1. The van der Waals surface area contributed by atoms with Gasteiger partial charge in [0.1, 0.15) is 0 Å². The van der Waals surface area contributed by atoms with E-state index < -0.39 is 0 Å². The molecule has 0 aromatic heterocycles. The maximum atomic E-state index is 6.09. The summed E-state index contributed by atoms with van der Waals surface area (Å²) >= 11 is 15.5. The van der Waals surface area contributed by atoms with Crippen molar-refractivity contribution in [2.75, 3.05) is 5.33 Å². The molecule has 1 aromatic rings. The summed E-state index contributed by atoms with van der Waals surface area (Å²) in [5, 5.41) is 2.49. The Bertz CT molecular complexity index is 321. The largest absolute Gasteiger partial charge is 0.0922 e. The van der Waals surface area contributed by atoms with Crippen LogP contribution >= 0.6 is 39.1 Å². The normalized spacial score (nSPS) is 11.8. The summed E-state index contributed by atoms with van der Waals surface area (Å²) in [6.45, 7) is 4.39. The van der Waals surface area contributed by atoms with Gasteiger partial charge >= 0.3 is 0 Å². The average Bonchev–Trinajstić information content (AvgIpc) is 2.11. The Morgan fingerprint density at radius 1 is 1.29 bits per heavy atom. The molecule has 78 valence electrons. The monoisotopic (exact) mass is 294 g/mol. The number of benzene rings is 1. The highest BCUT2D eigenvalue weighted by atomic mass is 79.9. The Hall–Kier alpha value is 0.280. The molecule has 14 heavy (non-hydrogen) atoms. The topological polar surface area (TPSA) is 0 Å². The molecule has 0 N–H and O–H groups in total. The van der Waals surface area contributed by atoms with E-state index in [1.807, 2.05) is 18.2 Å². The third-order valence-electron chi connectivity index (χ3n) is 2.04. The first kappa shape index (κ1) is 12.4. The zero-order valence-electron chi connectivity index (χ0n) is 8.28. The molecule has 0 fully saturated rings. The maximum Gasteiger partial charge on any atom is 0.0439 e. The molecule has 0 atom stereocenters. The molecule has 0 spiro atoms. The Morgan fingerprint density at radius 3 is 2.50 bits per heavy atom. The lowest BCUT2D eigenvalue weighted by Gasteiger charge is -2.22. The second kappa shape index (κ2) is 4.87. The minimum atomic E-state index is 0.203. The zero-order chi connectivity index (χ0) is 10.8. The fourth-order valence-corrected chi connectivity index (χ4v) is 1.82. The van der Waals surface area contributed by atoms with Gasteiger partial charge in [0.25, 0.3) is 0 Å². The summed E-state index contributed by atoms with van der Waals surface area (Å²) in [6, 6.07) is 5.60. The van der Waals surface area contributed by atoms with E-state index in [9.17, 15) is 0 Å². The Morgan fingerprint density at radius 2 is 1.93 bits per heavy atom. The summed E-state index contributed by atoms with van der Waals surface area (Å²) in [7, 11) is 0. The van der Waals surface area contributed by atoms with Gasteiger partial charge in [-0.25, -0.2) is 0 Å². The molecule has 3 heteroatoms. The van der Waals surface area contributed by atoms with Crippen molar-refractivity contribution in [3.63, 3.8) is 0 Å². The first-order chi connectivity index (χ1) is 6.44. The van der Waals surface area contributed by atoms with Gasteiger partial charge < -0.3 is 0 Å². The van der Waals surface area contributed by atoms with E-state index >= 15 is 0 Å². The van der Waals surface area contributed by atoms with Crippen LogP contribution in [0.5, 0.6) is 0 Å². The van der Waals surface area contributed by atoms with Gasteiger partial charge in [-0.1, -0.05) is 53.0 Å². The molecule has 1 aromatic carbocycles. The summed E-state index contributed by atoms with van der Waals surface area (Å²) < 4.78 is 0. The average molecular weight is 296 g/mol. The van der Waals surface area contributed by atoms with E-state index in [4.69, 9.17) is 23.2 Å². The van der Waals surface area contributed by atoms with E-state index in [0.717, 1.165) is 27.4 Å². The van der Waals surface area contributed by atoms with Crippen molar-refractivity contribution >= 4 is 39.1 Å². The highest BCUT2D eigenvalue weighted by Crippen LogP contribution is 2.29. The maximum absolute atomic E-state index is 6.09. The van der Waals surface area contributed by atoms with Crippen LogP contribution in [0.2, 0.25) is 10.0 Å². The van der Waals surface area contributed by atoms with E-state index in [1.165, 1.54) is 0 Å². The smallest absolute Gasteiger partial charge is 0.0439 e. The molecule has 0 heterocycles. The molecular weight excluding hydrogens is 283 g/mol. The zero-order valence-corrected chi connectivity index (χ0v) is 11.4. The van der Waals surface area contributed by atoms with Crippen LogP contribution in [0.4, 0.5) is 0 Å². The molecule has 0 nitrogen and oxygen atoms in total. The van der Waals surface area contributed by atoms with Crippen molar-refractivity contribution in [3.05, 3.63) is 33.8 Å². The quantitative estimate of drug-likeness (QED) is 0.692. The van der Waals surface area contributed by atoms with Gasteiger partial charge in [-0.05, 0) is 35.6 Å². The lowest BCUT2D eigenvalue weighted by Crippen LogP contribution is -2.16. The van der Waals surface area contributed by atoms with Gasteiger partial charge in [-0.3, -0.25) is 0 Å². The summed E-state index contributed by atoms with van der Waals surface area (Å²) in [5.74, 6) is 0. The predicted octanol–water partition coefficient (Wildman–Crippen LogP) is 4.96. The molecule has 0 aliphatic carbocycles. The van der Waals surface area contributed by atoms with Crippen molar-refractivity contribution in [2.24, 2.45) is 5.41 Å². The number of hydrogen-bond acceptors (Lipinski definition) is 0. The van der Waals surface area contributed by atoms with E-state index in [0.29, 0.717) is 0 Å². The van der Waals surface area contributed by atoms with Crippen LogP contribution in [0.1, 0.15) is 19.4 Å². The van der Waals surface area contributed by atoms with Crippen molar-refractivity contribution in [2.45, 2.75) is 20.3 Å². The number of halogens is 3. The molecule has 0 aliphatic heterocycles. The highest BCUT2D eigenvalue weighted by Gasteiger charge is 2.18. The van der Waals surface area contributed by atoms with Gasteiger partial charge in [0, 0.05) is 15.4 Å². The molecule has 0 bridgehead atoms. The lowest BCUT2D eigenvalue weighted by atomic mass is 9.88. The molecule has 0 unspecified atom stereocenters. The van der Waals surface area contributed by atoms with Crippen LogP contribution < -0.4 is 0 Å². The van der Waals surface area contributed by atoms with Gasteiger partial charge in [-0.2, -0.15) is 0 Å². The molecule has 0 amide bonds. The Balaban J connectivity index is 2.91. The van der Waals surface area contributed by atoms with E-state index in [1.54, 1.807) is 0 Å². The molecular formula is C11H13BrCl2. The fourth-order valence-electron chi connectivity index (χ4n) is 1.24. The number of hydrogen-bond donors (Lipinski definition) is 0. The van der Waals surface area contributed by atoms with Crippen molar-refractivity contribution in [1.82, 2.24) is 0 Å². The van der Waals surface area contributed by atoms with Crippen LogP contribution in [0.3, 0.4) is 0 Å². The van der Waals surface area contributed by atoms with Crippen LogP contribution in [-0.4, -0.2) is 5.33 Å². The lowest BCUT2D eigenvalue weighted by molar-refractivity contribution is 0.425. The Kier molecular flexibility index (Phi) is 4.30. The molecule has 0 radical (unpaired) electrons. The van der Waals surface area contributed by atoms with Gasteiger partial charge in [0.05, 0.1) is 0 Å². The van der Waals surface area contributed by atoms with Crippen LogP contribution in [0.15, 0.2) is 18.2 Å². The highest BCUT2D eigenvalue weighted by molar-refractivity contribution is 9.09. The number of rotatable bonds is 3. The second-order valence-electron chi connectivity index (χ2n) is 4.21. The standard InChI is InChI=1S/C11H13BrCl2/c1-11(2,7-12)6-8-5-9(13)3-4-10(8)14/h3-5H,6-7H2,1-2H3. The van der Waals surface area contributed by atoms with Crippen LogP contribution in [0, 0.1) is 5.41 Å². The van der Waals surface area contributed by atoms with Crippen molar-refractivity contribution in [1.29, 1.82) is 0 Å². The van der Waals surface area contributed by atoms with E-state index in [-0.39, 0.29) is 5.41 Å². The predicted molar refractivity (Wildman–Crippen MR) is 67.7 cm³/mol. The summed E-state index contributed by atoms with van der Waals surface area (Å²) in [5.41, 5.74) is 1.32. The van der Waals surface area contributed by atoms with Crippen LogP contribution in [-0.2, 0) is 6.42 Å². The molecule has 0 saturated heterocycles. The van der Waals surface area contributed by atoms with Gasteiger partial charge in [0.15, 0.2) is 0 Å². The molecule has 0 saturated carbocycles. The van der Waals surface area contributed by atoms with Gasteiger partial charge in [-0.15, -0.1) is 0 Å².